The molecule has 6 nitrogen and oxygen atoms in total. The smallest absolute Gasteiger partial charge is 0.223 e. The number of imidazole rings is 1. The summed E-state index contributed by atoms with van der Waals surface area (Å²) in [5.74, 6) is 2.99. The predicted octanol–water partition coefficient (Wildman–Crippen LogP) is 3.19. The van der Waals surface area contributed by atoms with Crippen LogP contribution < -0.4 is 14.8 Å². The number of methoxy groups -OCH3 is 1. The highest BCUT2D eigenvalue weighted by molar-refractivity contribution is 5.80. The Labute approximate surface area is 164 Å². The molecule has 1 aliphatic rings. The molecule has 0 bridgehead atoms. The van der Waals surface area contributed by atoms with Gasteiger partial charge in [0.1, 0.15) is 23.9 Å². The Morgan fingerprint density at radius 2 is 1.89 bits per heavy atom. The summed E-state index contributed by atoms with van der Waals surface area (Å²) in [6, 6.07) is 15.7. The minimum absolute atomic E-state index is 0.172. The van der Waals surface area contributed by atoms with Gasteiger partial charge in [0.05, 0.1) is 24.7 Å². The van der Waals surface area contributed by atoms with Crippen LogP contribution in [0.2, 0.25) is 0 Å². The third kappa shape index (κ3) is 4.27. The van der Waals surface area contributed by atoms with Crippen LogP contribution in [0.1, 0.15) is 18.7 Å². The minimum Gasteiger partial charge on any atom is -0.497 e. The molecule has 1 aliphatic carbocycles. The van der Waals surface area contributed by atoms with Crippen molar-refractivity contribution < 1.29 is 14.3 Å². The number of carbonyl (C=O) groups is 1. The van der Waals surface area contributed by atoms with Crippen LogP contribution in [-0.2, 0) is 17.8 Å². The van der Waals surface area contributed by atoms with E-state index in [0.29, 0.717) is 26.1 Å². The molecule has 0 spiro atoms. The number of benzene rings is 2. The Hall–Kier alpha value is -3.02. The number of fused-ring (bicyclic) bond motifs is 1. The maximum Gasteiger partial charge on any atom is 0.223 e. The van der Waals surface area contributed by atoms with Gasteiger partial charge in [-0.15, -0.1) is 0 Å². The molecule has 0 radical (unpaired) electrons. The topological polar surface area (TPSA) is 65.4 Å². The first-order valence-corrected chi connectivity index (χ1v) is 9.73. The lowest BCUT2D eigenvalue weighted by molar-refractivity contribution is -0.122. The van der Waals surface area contributed by atoms with E-state index in [0.717, 1.165) is 41.2 Å². The van der Waals surface area contributed by atoms with Crippen LogP contribution in [0.3, 0.4) is 0 Å². The third-order valence-corrected chi connectivity index (χ3v) is 4.97. The SMILES string of the molecule is COc1ccc(OCCn2c(CCNC(=O)C3CC3)nc3ccccc32)cc1. The molecule has 1 heterocycles. The van der Waals surface area contributed by atoms with Gasteiger partial charge in [-0.2, -0.15) is 0 Å². The fourth-order valence-corrected chi connectivity index (χ4v) is 3.28. The zero-order chi connectivity index (χ0) is 19.3. The third-order valence-electron chi connectivity index (χ3n) is 4.97. The summed E-state index contributed by atoms with van der Waals surface area (Å²) in [4.78, 5) is 16.6. The summed E-state index contributed by atoms with van der Waals surface area (Å²) in [7, 11) is 1.65. The van der Waals surface area contributed by atoms with Gasteiger partial charge in [0.25, 0.3) is 0 Å². The number of ether oxygens (including phenoxy) is 2. The van der Waals surface area contributed by atoms with Crippen LogP contribution in [0.4, 0.5) is 0 Å². The molecule has 0 aliphatic heterocycles. The molecule has 1 N–H and O–H groups in total. The Morgan fingerprint density at radius 1 is 1.14 bits per heavy atom. The van der Waals surface area contributed by atoms with Crippen molar-refractivity contribution >= 4 is 16.9 Å². The lowest BCUT2D eigenvalue weighted by Crippen LogP contribution is -2.27. The van der Waals surface area contributed by atoms with E-state index in [1.807, 2.05) is 42.5 Å². The molecule has 3 aromatic rings. The van der Waals surface area contributed by atoms with Gasteiger partial charge in [0.2, 0.25) is 5.91 Å². The number of nitrogens with zero attached hydrogens (tertiary/aromatic N) is 2. The van der Waals surface area contributed by atoms with Gasteiger partial charge in [-0.25, -0.2) is 4.98 Å². The highest BCUT2D eigenvalue weighted by Gasteiger charge is 2.29. The summed E-state index contributed by atoms with van der Waals surface area (Å²) < 4.78 is 13.2. The van der Waals surface area contributed by atoms with Gasteiger partial charge in [-0.05, 0) is 49.2 Å². The largest absolute Gasteiger partial charge is 0.497 e. The first-order valence-electron chi connectivity index (χ1n) is 9.73. The van der Waals surface area contributed by atoms with E-state index in [1.165, 1.54) is 0 Å². The van der Waals surface area contributed by atoms with Crippen molar-refractivity contribution in [1.29, 1.82) is 0 Å². The lowest BCUT2D eigenvalue weighted by Gasteiger charge is -2.11. The van der Waals surface area contributed by atoms with Crippen LogP contribution in [0, 0.1) is 5.92 Å². The minimum atomic E-state index is 0.172. The molecule has 1 saturated carbocycles. The number of para-hydroxylation sites is 2. The van der Waals surface area contributed by atoms with E-state index in [9.17, 15) is 4.79 Å². The Bertz CT molecular complexity index is 945. The number of carbonyl (C=O) groups excluding carboxylic acids is 1. The van der Waals surface area contributed by atoms with Gasteiger partial charge < -0.3 is 19.4 Å². The fourth-order valence-electron chi connectivity index (χ4n) is 3.28. The molecule has 146 valence electrons. The highest BCUT2D eigenvalue weighted by atomic mass is 16.5. The highest BCUT2D eigenvalue weighted by Crippen LogP contribution is 2.28. The first-order chi connectivity index (χ1) is 13.7. The zero-order valence-corrected chi connectivity index (χ0v) is 16.1. The van der Waals surface area contributed by atoms with E-state index in [2.05, 4.69) is 16.0 Å². The maximum absolute atomic E-state index is 11.9. The van der Waals surface area contributed by atoms with Crippen LogP contribution in [0.5, 0.6) is 11.5 Å². The fraction of sp³-hybridized carbons (Fsp3) is 0.364. The molecule has 1 fully saturated rings. The molecular weight excluding hydrogens is 354 g/mol. The molecule has 0 unspecified atom stereocenters. The number of aromatic nitrogens is 2. The molecule has 28 heavy (non-hydrogen) atoms. The molecule has 1 amide bonds. The first kappa shape index (κ1) is 18.3. The van der Waals surface area contributed by atoms with E-state index >= 15 is 0 Å². The summed E-state index contributed by atoms with van der Waals surface area (Å²) in [5.41, 5.74) is 2.06. The molecule has 1 aromatic heterocycles. The molecule has 6 heteroatoms. The quantitative estimate of drug-likeness (QED) is 0.620. The molecule has 0 saturated heterocycles. The summed E-state index contributed by atoms with van der Waals surface area (Å²) in [6.45, 7) is 1.84. The maximum atomic E-state index is 11.9. The Kier molecular flexibility index (Phi) is 5.46. The predicted molar refractivity (Wildman–Crippen MR) is 108 cm³/mol. The van der Waals surface area contributed by atoms with Crippen molar-refractivity contribution in [2.24, 2.45) is 5.92 Å². The van der Waals surface area contributed by atoms with Gasteiger partial charge >= 0.3 is 0 Å². The van der Waals surface area contributed by atoms with Gasteiger partial charge in [-0.1, -0.05) is 12.1 Å². The van der Waals surface area contributed by atoms with Crippen LogP contribution in [-0.4, -0.2) is 35.7 Å². The molecule has 0 atom stereocenters. The monoisotopic (exact) mass is 379 g/mol. The number of hydrogen-bond donors (Lipinski definition) is 1. The normalized spacial score (nSPS) is 13.5. The van der Waals surface area contributed by atoms with Crippen molar-refractivity contribution in [3.63, 3.8) is 0 Å². The van der Waals surface area contributed by atoms with Crippen molar-refractivity contribution in [3.8, 4) is 11.5 Å². The van der Waals surface area contributed by atoms with Gasteiger partial charge in [0.15, 0.2) is 0 Å². The molecule has 2 aromatic carbocycles. The second-order valence-corrected chi connectivity index (χ2v) is 7.01. The van der Waals surface area contributed by atoms with E-state index in [4.69, 9.17) is 14.5 Å². The van der Waals surface area contributed by atoms with Crippen molar-refractivity contribution in [2.45, 2.75) is 25.8 Å². The van der Waals surface area contributed by atoms with Crippen LogP contribution in [0.25, 0.3) is 11.0 Å². The molecule has 4 rings (SSSR count). The standard InChI is InChI=1S/C22H25N3O3/c1-27-17-8-10-18(11-9-17)28-15-14-25-20-5-3-2-4-19(20)24-21(25)12-13-23-22(26)16-6-7-16/h2-5,8-11,16H,6-7,12-15H2,1H3,(H,23,26). The summed E-state index contributed by atoms with van der Waals surface area (Å²) >= 11 is 0. The average molecular weight is 379 g/mol. The van der Waals surface area contributed by atoms with E-state index in [1.54, 1.807) is 7.11 Å². The summed E-state index contributed by atoms with van der Waals surface area (Å²) in [6.07, 6.45) is 2.75. The second-order valence-electron chi connectivity index (χ2n) is 7.01. The van der Waals surface area contributed by atoms with Crippen molar-refractivity contribution in [3.05, 3.63) is 54.4 Å². The number of rotatable bonds is 9. The van der Waals surface area contributed by atoms with Crippen LogP contribution >= 0.6 is 0 Å². The number of nitrogens with one attached hydrogen (secondary N) is 1. The van der Waals surface area contributed by atoms with Crippen molar-refractivity contribution in [1.82, 2.24) is 14.9 Å². The van der Waals surface area contributed by atoms with Crippen LogP contribution in [0.15, 0.2) is 48.5 Å². The zero-order valence-electron chi connectivity index (χ0n) is 16.1. The lowest BCUT2D eigenvalue weighted by atomic mass is 10.3. The summed E-state index contributed by atoms with van der Waals surface area (Å²) in [5, 5.41) is 3.02. The second kappa shape index (κ2) is 8.33. The van der Waals surface area contributed by atoms with Gasteiger partial charge in [0, 0.05) is 18.9 Å². The number of amides is 1. The van der Waals surface area contributed by atoms with E-state index in [-0.39, 0.29) is 11.8 Å². The number of hydrogen-bond acceptors (Lipinski definition) is 4. The Morgan fingerprint density at radius 3 is 2.64 bits per heavy atom. The average Bonchev–Trinajstić information content (AvgIpc) is 3.52. The molecular formula is C22H25N3O3. The van der Waals surface area contributed by atoms with E-state index < -0.39 is 0 Å². The Balaban J connectivity index is 1.40. The van der Waals surface area contributed by atoms with Gasteiger partial charge in [-0.3, -0.25) is 4.79 Å². The van der Waals surface area contributed by atoms with Crippen molar-refractivity contribution in [2.75, 3.05) is 20.3 Å².